The van der Waals surface area contributed by atoms with Gasteiger partial charge in [0.15, 0.2) is 0 Å². The van der Waals surface area contributed by atoms with Crippen LogP contribution in [0.5, 0.6) is 0 Å². The minimum absolute atomic E-state index is 0.0531. The molecule has 1 fully saturated rings. The number of benzene rings is 1. The van der Waals surface area contributed by atoms with E-state index in [-0.39, 0.29) is 11.8 Å². The molecule has 1 aliphatic rings. The topological polar surface area (TPSA) is 72.1 Å². The van der Waals surface area contributed by atoms with Gasteiger partial charge in [-0.3, -0.25) is 4.79 Å². The highest BCUT2D eigenvalue weighted by Gasteiger charge is 2.33. The number of nitrogen functional groups attached to an aromatic ring is 1. The molecule has 1 atom stereocenters. The molecule has 0 aliphatic carbocycles. The lowest BCUT2D eigenvalue weighted by atomic mass is 10.1. The van der Waals surface area contributed by atoms with E-state index in [2.05, 4.69) is 10.2 Å². The molecule has 1 aliphatic heterocycles. The van der Waals surface area contributed by atoms with E-state index in [1.807, 2.05) is 25.1 Å². The summed E-state index contributed by atoms with van der Waals surface area (Å²) >= 11 is 7.46. The number of anilines is 2. The van der Waals surface area contributed by atoms with Crippen LogP contribution in [0.4, 0.5) is 10.8 Å². The first kappa shape index (κ1) is 13.3. The minimum Gasteiger partial charge on any atom is -0.374 e. The Balaban J connectivity index is 1.85. The molecule has 1 aromatic heterocycles. The lowest BCUT2D eigenvalue weighted by Gasteiger charge is -2.17. The molecule has 0 spiro atoms. The summed E-state index contributed by atoms with van der Waals surface area (Å²) in [6.07, 6.45) is 0.431. The number of carbonyl (C=O) groups is 1. The SMILES string of the molecule is Cc1ccc(N2CC(c3nnc(N)s3)CC2=O)cc1Cl. The van der Waals surface area contributed by atoms with Gasteiger partial charge in [0.05, 0.1) is 0 Å². The molecule has 20 heavy (non-hydrogen) atoms. The van der Waals surface area contributed by atoms with E-state index in [1.54, 1.807) is 4.90 Å². The molecule has 1 unspecified atom stereocenters. The smallest absolute Gasteiger partial charge is 0.227 e. The molecular weight excluding hydrogens is 296 g/mol. The van der Waals surface area contributed by atoms with Crippen molar-refractivity contribution in [3.8, 4) is 0 Å². The summed E-state index contributed by atoms with van der Waals surface area (Å²) in [6, 6.07) is 5.66. The fourth-order valence-electron chi connectivity index (χ4n) is 2.28. The van der Waals surface area contributed by atoms with Gasteiger partial charge < -0.3 is 10.6 Å². The van der Waals surface area contributed by atoms with Crippen LogP contribution in [-0.4, -0.2) is 22.6 Å². The van der Waals surface area contributed by atoms with Gasteiger partial charge in [-0.2, -0.15) is 0 Å². The Hall–Kier alpha value is -1.66. The highest BCUT2D eigenvalue weighted by molar-refractivity contribution is 7.15. The van der Waals surface area contributed by atoms with Crippen LogP contribution < -0.4 is 10.6 Å². The number of nitrogens with zero attached hydrogens (tertiary/aromatic N) is 3. The second-order valence-electron chi connectivity index (χ2n) is 4.82. The Morgan fingerprint density at radius 2 is 2.25 bits per heavy atom. The van der Waals surface area contributed by atoms with Crippen molar-refractivity contribution in [3.05, 3.63) is 33.8 Å². The Morgan fingerprint density at radius 1 is 1.45 bits per heavy atom. The van der Waals surface area contributed by atoms with Crippen molar-refractivity contribution in [2.75, 3.05) is 17.2 Å². The summed E-state index contributed by atoms with van der Waals surface area (Å²) in [5, 5.41) is 9.75. The number of aromatic nitrogens is 2. The standard InChI is InChI=1S/C13H13ClN4OS/c1-7-2-3-9(5-10(7)14)18-6-8(4-11(18)19)12-16-17-13(15)20-12/h2-3,5,8H,4,6H2,1H3,(H2,15,17). The van der Waals surface area contributed by atoms with Crippen LogP contribution in [0.1, 0.15) is 22.9 Å². The van der Waals surface area contributed by atoms with Crippen LogP contribution >= 0.6 is 22.9 Å². The number of aryl methyl sites for hydroxylation is 1. The van der Waals surface area contributed by atoms with E-state index in [1.165, 1.54) is 11.3 Å². The van der Waals surface area contributed by atoms with Gasteiger partial charge in [0, 0.05) is 29.6 Å². The second kappa shape index (κ2) is 5.03. The van der Waals surface area contributed by atoms with Gasteiger partial charge in [-0.05, 0) is 24.6 Å². The van der Waals surface area contributed by atoms with Crippen LogP contribution in [0.3, 0.4) is 0 Å². The third-order valence-corrected chi connectivity index (χ3v) is 4.72. The van der Waals surface area contributed by atoms with Crippen molar-refractivity contribution in [1.29, 1.82) is 0 Å². The minimum atomic E-state index is 0.0531. The third kappa shape index (κ3) is 2.36. The molecule has 2 aromatic rings. The van der Waals surface area contributed by atoms with E-state index in [4.69, 9.17) is 17.3 Å². The zero-order valence-electron chi connectivity index (χ0n) is 10.8. The first-order valence-corrected chi connectivity index (χ1v) is 7.39. The lowest BCUT2D eigenvalue weighted by Crippen LogP contribution is -2.24. The number of nitrogens with two attached hydrogens (primary N) is 1. The van der Waals surface area contributed by atoms with Gasteiger partial charge in [-0.25, -0.2) is 0 Å². The second-order valence-corrected chi connectivity index (χ2v) is 6.27. The molecule has 104 valence electrons. The Bertz CT molecular complexity index is 672. The predicted molar refractivity (Wildman–Crippen MR) is 80.2 cm³/mol. The maximum Gasteiger partial charge on any atom is 0.227 e. The molecule has 7 heteroatoms. The van der Waals surface area contributed by atoms with Crippen molar-refractivity contribution in [2.24, 2.45) is 0 Å². The average Bonchev–Trinajstić information content (AvgIpc) is 2.99. The first-order chi connectivity index (χ1) is 9.54. The fraction of sp³-hybridized carbons (Fsp3) is 0.308. The summed E-state index contributed by atoms with van der Waals surface area (Å²) in [4.78, 5) is 13.9. The van der Waals surface area contributed by atoms with E-state index >= 15 is 0 Å². The summed E-state index contributed by atoms with van der Waals surface area (Å²) < 4.78 is 0. The number of amides is 1. The Kier molecular flexibility index (Phi) is 3.35. The Labute approximate surface area is 125 Å². The van der Waals surface area contributed by atoms with E-state index < -0.39 is 0 Å². The van der Waals surface area contributed by atoms with Crippen LogP contribution in [0.2, 0.25) is 5.02 Å². The molecule has 3 rings (SSSR count). The van der Waals surface area contributed by atoms with Crippen LogP contribution in [0.15, 0.2) is 18.2 Å². The molecule has 0 radical (unpaired) electrons. The highest BCUT2D eigenvalue weighted by Crippen LogP contribution is 2.34. The van der Waals surface area contributed by atoms with E-state index in [0.717, 1.165) is 16.3 Å². The summed E-state index contributed by atoms with van der Waals surface area (Å²) in [5.74, 6) is 0.126. The molecule has 2 N–H and O–H groups in total. The number of halogens is 1. The monoisotopic (exact) mass is 308 g/mol. The molecule has 0 bridgehead atoms. The maximum absolute atomic E-state index is 12.2. The van der Waals surface area contributed by atoms with Gasteiger partial charge in [0.2, 0.25) is 11.0 Å². The van der Waals surface area contributed by atoms with Crippen LogP contribution in [-0.2, 0) is 4.79 Å². The number of carbonyl (C=O) groups excluding carboxylic acids is 1. The molecule has 5 nitrogen and oxygen atoms in total. The first-order valence-electron chi connectivity index (χ1n) is 6.20. The lowest BCUT2D eigenvalue weighted by molar-refractivity contribution is -0.117. The largest absolute Gasteiger partial charge is 0.374 e. The van der Waals surface area contributed by atoms with Crippen molar-refractivity contribution in [2.45, 2.75) is 19.3 Å². The summed E-state index contributed by atoms with van der Waals surface area (Å²) in [6.45, 7) is 2.53. The van der Waals surface area contributed by atoms with Gasteiger partial charge in [-0.15, -0.1) is 10.2 Å². The molecule has 1 amide bonds. The Morgan fingerprint density at radius 3 is 2.90 bits per heavy atom. The van der Waals surface area contributed by atoms with Gasteiger partial charge in [0.1, 0.15) is 5.01 Å². The zero-order chi connectivity index (χ0) is 14.3. The summed E-state index contributed by atoms with van der Waals surface area (Å²) in [7, 11) is 0. The molecule has 1 saturated heterocycles. The van der Waals surface area contributed by atoms with Crippen molar-refractivity contribution in [1.82, 2.24) is 10.2 Å². The fourth-order valence-corrected chi connectivity index (χ4v) is 3.16. The number of rotatable bonds is 2. The van der Waals surface area contributed by atoms with Crippen LogP contribution in [0.25, 0.3) is 0 Å². The average molecular weight is 309 g/mol. The third-order valence-electron chi connectivity index (χ3n) is 3.40. The molecule has 0 saturated carbocycles. The molecule has 1 aromatic carbocycles. The number of hydrogen-bond acceptors (Lipinski definition) is 5. The quantitative estimate of drug-likeness (QED) is 0.925. The maximum atomic E-state index is 12.2. The van der Waals surface area contributed by atoms with Crippen molar-refractivity contribution in [3.63, 3.8) is 0 Å². The molecule has 2 heterocycles. The number of hydrogen-bond donors (Lipinski definition) is 1. The normalized spacial score (nSPS) is 18.8. The highest BCUT2D eigenvalue weighted by atomic mass is 35.5. The predicted octanol–water partition coefficient (Wildman–Crippen LogP) is 2.60. The van der Waals surface area contributed by atoms with E-state index in [0.29, 0.717) is 23.1 Å². The van der Waals surface area contributed by atoms with Crippen molar-refractivity contribution < 1.29 is 4.79 Å². The van der Waals surface area contributed by atoms with Gasteiger partial charge >= 0.3 is 0 Å². The molecular formula is C13H13ClN4OS. The van der Waals surface area contributed by atoms with Crippen LogP contribution in [0, 0.1) is 6.92 Å². The van der Waals surface area contributed by atoms with Gasteiger partial charge in [-0.1, -0.05) is 29.0 Å². The van der Waals surface area contributed by atoms with E-state index in [9.17, 15) is 4.79 Å². The van der Waals surface area contributed by atoms with Crippen molar-refractivity contribution >= 4 is 39.7 Å². The zero-order valence-corrected chi connectivity index (χ0v) is 12.4. The van der Waals surface area contributed by atoms with Gasteiger partial charge in [0.25, 0.3) is 0 Å². The summed E-state index contributed by atoms with van der Waals surface area (Å²) in [5.41, 5.74) is 7.41.